The summed E-state index contributed by atoms with van der Waals surface area (Å²) in [6, 6.07) is 9.90. The molecule has 2 amide bonds. The molecule has 0 bridgehead atoms. The first kappa shape index (κ1) is 22.8. The number of hydrogen-bond donors (Lipinski definition) is 2. The maximum absolute atomic E-state index is 14.1. The van der Waals surface area contributed by atoms with Crippen molar-refractivity contribution < 1.29 is 14.4 Å². The number of rotatable bonds is 4. The highest BCUT2D eigenvalue weighted by molar-refractivity contribution is 8.24. The molecule has 2 aromatic rings. The predicted molar refractivity (Wildman–Crippen MR) is 123 cm³/mol. The topological polar surface area (TPSA) is 68.2 Å². The first-order valence-electron chi connectivity index (χ1n) is 8.65. The summed E-state index contributed by atoms with van der Waals surface area (Å²) in [5.74, 6) is -0.554. The lowest BCUT2D eigenvalue weighted by Gasteiger charge is -2.34. The van der Waals surface area contributed by atoms with Gasteiger partial charge in [-0.05, 0) is 50.2 Å². The van der Waals surface area contributed by atoms with Crippen LogP contribution in [0.2, 0.25) is 10.0 Å². The minimum atomic E-state index is -0.955. The third-order valence-electron chi connectivity index (χ3n) is 4.24. The number of halogens is 3. The molecule has 0 unspecified atom stereocenters. The Balaban J connectivity index is 1.85. The summed E-state index contributed by atoms with van der Waals surface area (Å²) in [5, 5.41) is 20.0. The third-order valence-corrected chi connectivity index (χ3v) is 6.35. The van der Waals surface area contributed by atoms with Crippen molar-refractivity contribution >= 4 is 69.4 Å². The van der Waals surface area contributed by atoms with E-state index in [0.29, 0.717) is 20.1 Å². The number of nitrogens with one attached hydrogen (secondary N) is 1. The highest BCUT2D eigenvalue weighted by Gasteiger charge is 2.50. The quantitative estimate of drug-likeness (QED) is 0.246. The fourth-order valence-electron chi connectivity index (χ4n) is 2.81. The summed E-state index contributed by atoms with van der Waals surface area (Å²) in [7, 11) is 0. The van der Waals surface area contributed by atoms with Gasteiger partial charge in [0.05, 0.1) is 16.0 Å². The lowest BCUT2D eigenvalue weighted by molar-refractivity contribution is -0.114. The number of nitrogens with zero attached hydrogens (tertiary/aromatic N) is 3. The van der Waals surface area contributed by atoms with E-state index in [1.54, 1.807) is 38.1 Å². The minimum absolute atomic E-state index is 0.0746. The molecule has 2 aromatic carbocycles. The molecule has 1 atom stereocenters. The van der Waals surface area contributed by atoms with Gasteiger partial charge in [0.1, 0.15) is 5.82 Å². The van der Waals surface area contributed by atoms with Crippen molar-refractivity contribution in [1.82, 2.24) is 10.1 Å². The molecular weight excluding hydrogens is 470 g/mol. The van der Waals surface area contributed by atoms with Gasteiger partial charge in [-0.1, -0.05) is 53.2 Å². The first-order chi connectivity index (χ1) is 14.1. The fraction of sp³-hybridized carbons (Fsp3) is 0.211. The van der Waals surface area contributed by atoms with Gasteiger partial charge in [-0.2, -0.15) is 10.2 Å². The zero-order valence-electron chi connectivity index (χ0n) is 15.8. The van der Waals surface area contributed by atoms with Crippen molar-refractivity contribution in [2.75, 3.05) is 5.32 Å². The molecular formula is C19H17Cl2FN4O2S2. The van der Waals surface area contributed by atoms with Gasteiger partial charge >= 0.3 is 6.03 Å². The van der Waals surface area contributed by atoms with Crippen LogP contribution in [0.1, 0.15) is 19.4 Å². The number of urea groups is 1. The minimum Gasteiger partial charge on any atom is -0.306 e. The standard InChI is InChI=1S/C19H17Cl2FN4O2S2/c1-19(2)16(26(28)17(27)24-12-8-6-11(20)7-9-12)25(18(29)30-19)23-10-13-14(21)4-3-5-15(13)22/h3-10,16,28H,1-2H3,(H,24,27)/b23-10-/t16-/m1/s1. The Morgan fingerprint density at radius 3 is 2.63 bits per heavy atom. The van der Waals surface area contributed by atoms with Crippen LogP contribution in [0.15, 0.2) is 47.6 Å². The number of hydroxylamine groups is 2. The molecule has 1 aliphatic rings. The van der Waals surface area contributed by atoms with Crippen LogP contribution in [0, 0.1) is 5.82 Å². The van der Waals surface area contributed by atoms with Crippen molar-refractivity contribution in [1.29, 1.82) is 0 Å². The van der Waals surface area contributed by atoms with E-state index < -0.39 is 22.8 Å². The number of thiocarbonyl (C=S) groups is 1. The van der Waals surface area contributed by atoms with Gasteiger partial charge in [0.2, 0.25) is 0 Å². The lowest BCUT2D eigenvalue weighted by atomic mass is 10.1. The summed E-state index contributed by atoms with van der Waals surface area (Å²) in [6.45, 7) is 3.61. The zero-order valence-corrected chi connectivity index (χ0v) is 19.0. The average Bonchev–Trinajstić information content (AvgIpc) is 2.90. The van der Waals surface area contributed by atoms with Crippen molar-refractivity contribution in [3.8, 4) is 0 Å². The molecule has 0 spiro atoms. The number of anilines is 1. The lowest BCUT2D eigenvalue weighted by Crippen LogP contribution is -2.54. The van der Waals surface area contributed by atoms with E-state index in [-0.39, 0.29) is 10.6 Å². The summed E-state index contributed by atoms with van der Waals surface area (Å²) < 4.78 is 13.7. The van der Waals surface area contributed by atoms with Crippen LogP contribution < -0.4 is 5.32 Å². The van der Waals surface area contributed by atoms with Gasteiger partial charge in [0.25, 0.3) is 0 Å². The molecule has 0 saturated carbocycles. The second kappa shape index (κ2) is 9.07. The smallest absolute Gasteiger partial charge is 0.306 e. The summed E-state index contributed by atoms with van der Waals surface area (Å²) >= 11 is 18.5. The summed E-state index contributed by atoms with van der Waals surface area (Å²) in [5.41, 5.74) is 0.521. The van der Waals surface area contributed by atoms with Crippen LogP contribution in [0.5, 0.6) is 0 Å². The van der Waals surface area contributed by atoms with Gasteiger partial charge < -0.3 is 5.32 Å². The van der Waals surface area contributed by atoms with E-state index in [4.69, 9.17) is 35.4 Å². The second-order valence-electron chi connectivity index (χ2n) is 6.85. The van der Waals surface area contributed by atoms with Crippen LogP contribution in [-0.4, -0.2) is 42.8 Å². The molecule has 2 N–H and O–H groups in total. The van der Waals surface area contributed by atoms with Gasteiger partial charge in [-0.25, -0.2) is 14.2 Å². The average molecular weight is 487 g/mol. The second-order valence-corrected chi connectivity index (χ2v) is 9.98. The Labute approximate surface area is 192 Å². The Kier molecular flexibility index (Phi) is 6.88. The normalized spacial score (nSPS) is 18.1. The van der Waals surface area contributed by atoms with Crippen LogP contribution in [0.3, 0.4) is 0 Å². The Morgan fingerprint density at radius 1 is 1.33 bits per heavy atom. The zero-order chi connectivity index (χ0) is 22.1. The highest BCUT2D eigenvalue weighted by Crippen LogP contribution is 2.42. The number of amides is 2. The van der Waals surface area contributed by atoms with Crippen molar-refractivity contribution in [3.05, 3.63) is 63.9 Å². The van der Waals surface area contributed by atoms with Crippen LogP contribution in [0.4, 0.5) is 14.9 Å². The molecule has 1 fully saturated rings. The van der Waals surface area contributed by atoms with Gasteiger partial charge in [-0.15, -0.1) is 0 Å². The van der Waals surface area contributed by atoms with Gasteiger partial charge in [0.15, 0.2) is 10.5 Å². The molecule has 158 valence electrons. The van der Waals surface area contributed by atoms with E-state index in [1.807, 2.05) is 0 Å². The Hall–Kier alpha value is -1.91. The summed E-state index contributed by atoms with van der Waals surface area (Å²) in [4.78, 5) is 12.6. The van der Waals surface area contributed by atoms with Crippen LogP contribution >= 0.6 is 47.2 Å². The first-order valence-corrected chi connectivity index (χ1v) is 10.6. The molecule has 0 radical (unpaired) electrons. The molecule has 11 heteroatoms. The number of thioether (sulfide) groups is 1. The molecule has 1 heterocycles. The Morgan fingerprint density at radius 2 is 2.00 bits per heavy atom. The molecule has 3 rings (SSSR count). The monoisotopic (exact) mass is 486 g/mol. The van der Waals surface area contributed by atoms with E-state index in [0.717, 1.165) is 0 Å². The van der Waals surface area contributed by atoms with E-state index >= 15 is 0 Å². The summed E-state index contributed by atoms with van der Waals surface area (Å²) in [6.07, 6.45) is 0.258. The molecule has 6 nitrogen and oxygen atoms in total. The van der Waals surface area contributed by atoms with E-state index in [1.165, 1.54) is 41.2 Å². The SMILES string of the molecule is CC1(C)SC(=S)N(/N=C\c2c(F)cccc2Cl)[C@@H]1N(O)C(=O)Nc1ccc(Cl)cc1. The maximum Gasteiger partial charge on any atom is 0.347 e. The number of carbonyl (C=O) groups is 1. The highest BCUT2D eigenvalue weighted by atomic mass is 35.5. The Bertz CT molecular complexity index is 984. The van der Waals surface area contributed by atoms with Crippen LogP contribution in [-0.2, 0) is 0 Å². The van der Waals surface area contributed by atoms with Crippen molar-refractivity contribution in [3.63, 3.8) is 0 Å². The fourth-order valence-corrected chi connectivity index (χ4v) is 4.93. The van der Waals surface area contributed by atoms with Crippen molar-refractivity contribution in [2.24, 2.45) is 5.10 Å². The number of hydrogen-bond acceptors (Lipinski definition) is 5. The van der Waals surface area contributed by atoms with Crippen molar-refractivity contribution in [2.45, 2.75) is 24.8 Å². The number of hydrazone groups is 1. The van der Waals surface area contributed by atoms with Crippen LogP contribution in [0.25, 0.3) is 0 Å². The molecule has 1 aliphatic heterocycles. The number of benzene rings is 2. The largest absolute Gasteiger partial charge is 0.347 e. The predicted octanol–water partition coefficient (Wildman–Crippen LogP) is 5.83. The van der Waals surface area contributed by atoms with E-state index in [2.05, 4.69) is 10.4 Å². The number of carbonyl (C=O) groups excluding carboxylic acids is 1. The maximum atomic E-state index is 14.1. The van der Waals surface area contributed by atoms with Gasteiger partial charge in [-0.3, -0.25) is 5.21 Å². The molecule has 0 aromatic heterocycles. The molecule has 30 heavy (non-hydrogen) atoms. The van der Waals surface area contributed by atoms with E-state index in [9.17, 15) is 14.4 Å². The third kappa shape index (κ3) is 4.87. The molecule has 0 aliphatic carbocycles. The molecule has 1 saturated heterocycles. The van der Waals surface area contributed by atoms with Gasteiger partial charge in [0, 0.05) is 16.3 Å².